The second-order valence-electron chi connectivity index (χ2n) is 5.25. The average Bonchev–Trinajstić information content (AvgIpc) is 3.29. The minimum Gasteiger partial charge on any atom is -0.493 e. The molecule has 120 valence electrons. The molecule has 0 aliphatic rings. The Bertz CT molecular complexity index is 986. The maximum Gasteiger partial charge on any atom is 0.227 e. The van der Waals surface area contributed by atoms with Gasteiger partial charge in [-0.25, -0.2) is 4.98 Å². The Hall–Kier alpha value is -3.21. The largest absolute Gasteiger partial charge is 0.493 e. The van der Waals surface area contributed by atoms with Crippen LogP contribution >= 0.6 is 0 Å². The predicted octanol–water partition coefficient (Wildman–Crippen LogP) is 4.77. The molecular weight excluding hydrogens is 306 g/mol. The first-order valence-electron chi connectivity index (χ1n) is 7.45. The first-order valence-corrected chi connectivity index (χ1v) is 7.45. The number of rotatable bonds is 4. The number of ether oxygens (including phenoxy) is 2. The molecule has 24 heavy (non-hydrogen) atoms. The van der Waals surface area contributed by atoms with Crippen LogP contribution in [0.2, 0.25) is 0 Å². The second-order valence-corrected chi connectivity index (χ2v) is 5.25. The highest BCUT2D eigenvalue weighted by molar-refractivity contribution is 5.81. The Labute approximate surface area is 138 Å². The molecular formula is C19H15NO4. The molecule has 0 spiro atoms. The molecule has 5 heteroatoms. The summed E-state index contributed by atoms with van der Waals surface area (Å²) < 4.78 is 21.9. The lowest BCUT2D eigenvalue weighted by molar-refractivity contribution is 0.355. The van der Waals surface area contributed by atoms with Gasteiger partial charge in [0.15, 0.2) is 17.1 Å². The molecule has 0 amide bonds. The van der Waals surface area contributed by atoms with E-state index in [1.54, 1.807) is 20.5 Å². The molecule has 0 saturated heterocycles. The first kappa shape index (κ1) is 14.4. The molecule has 2 aromatic carbocycles. The smallest absolute Gasteiger partial charge is 0.227 e. The van der Waals surface area contributed by atoms with Crippen molar-refractivity contribution < 1.29 is 18.3 Å². The summed E-state index contributed by atoms with van der Waals surface area (Å²) in [4.78, 5) is 4.54. The molecule has 4 aromatic rings. The van der Waals surface area contributed by atoms with Crippen molar-refractivity contribution in [3.8, 4) is 34.3 Å². The number of hydrogen-bond acceptors (Lipinski definition) is 5. The van der Waals surface area contributed by atoms with Gasteiger partial charge in [0.25, 0.3) is 0 Å². The topological polar surface area (TPSA) is 57.6 Å². The Morgan fingerprint density at radius 3 is 2.46 bits per heavy atom. The lowest BCUT2D eigenvalue weighted by atomic mass is 10.1. The van der Waals surface area contributed by atoms with Gasteiger partial charge in [-0.2, -0.15) is 0 Å². The van der Waals surface area contributed by atoms with Crippen molar-refractivity contribution in [2.45, 2.75) is 0 Å². The number of benzene rings is 2. The van der Waals surface area contributed by atoms with Crippen LogP contribution in [0.1, 0.15) is 0 Å². The monoisotopic (exact) mass is 321 g/mol. The highest BCUT2D eigenvalue weighted by Gasteiger charge is 2.13. The summed E-state index contributed by atoms with van der Waals surface area (Å²) in [7, 11) is 3.20. The second kappa shape index (κ2) is 5.77. The van der Waals surface area contributed by atoms with Gasteiger partial charge in [-0.15, -0.1) is 0 Å². The van der Waals surface area contributed by atoms with Crippen LogP contribution in [0.5, 0.6) is 11.5 Å². The Morgan fingerprint density at radius 1 is 0.875 bits per heavy atom. The molecule has 2 heterocycles. The molecule has 0 atom stereocenters. The number of hydrogen-bond donors (Lipinski definition) is 0. The summed E-state index contributed by atoms with van der Waals surface area (Å²) in [5, 5.41) is 0. The van der Waals surface area contributed by atoms with Crippen molar-refractivity contribution in [3.63, 3.8) is 0 Å². The normalized spacial score (nSPS) is 10.9. The van der Waals surface area contributed by atoms with E-state index in [4.69, 9.17) is 18.3 Å². The van der Waals surface area contributed by atoms with Crippen LogP contribution in [0.4, 0.5) is 0 Å². The van der Waals surface area contributed by atoms with Crippen LogP contribution in [0.25, 0.3) is 33.9 Å². The highest BCUT2D eigenvalue weighted by Crippen LogP contribution is 2.34. The van der Waals surface area contributed by atoms with Crippen molar-refractivity contribution in [2.75, 3.05) is 14.2 Å². The molecule has 0 radical (unpaired) electrons. The molecule has 0 aliphatic carbocycles. The van der Waals surface area contributed by atoms with Gasteiger partial charge in [-0.1, -0.05) is 0 Å². The van der Waals surface area contributed by atoms with E-state index in [1.165, 1.54) is 0 Å². The fourth-order valence-corrected chi connectivity index (χ4v) is 2.61. The van der Waals surface area contributed by atoms with E-state index >= 15 is 0 Å². The van der Waals surface area contributed by atoms with Gasteiger partial charge >= 0.3 is 0 Å². The minimum atomic E-state index is 0.530. The third-order valence-electron chi connectivity index (χ3n) is 3.82. The summed E-state index contributed by atoms with van der Waals surface area (Å²) in [5.41, 5.74) is 3.26. The summed E-state index contributed by atoms with van der Waals surface area (Å²) in [6, 6.07) is 15.1. The van der Waals surface area contributed by atoms with Crippen LogP contribution in [0, 0.1) is 0 Å². The van der Waals surface area contributed by atoms with Crippen LogP contribution in [0.3, 0.4) is 0 Å². The van der Waals surface area contributed by atoms with Gasteiger partial charge in [0.1, 0.15) is 11.3 Å². The molecule has 0 N–H and O–H groups in total. The van der Waals surface area contributed by atoms with Gasteiger partial charge in [0.2, 0.25) is 5.89 Å². The fraction of sp³-hybridized carbons (Fsp3) is 0.105. The molecule has 0 saturated carbocycles. The van der Waals surface area contributed by atoms with E-state index < -0.39 is 0 Å². The Morgan fingerprint density at radius 2 is 1.71 bits per heavy atom. The third kappa shape index (κ3) is 2.40. The minimum absolute atomic E-state index is 0.530. The highest BCUT2D eigenvalue weighted by atomic mass is 16.5. The number of oxazole rings is 1. The quantitative estimate of drug-likeness (QED) is 0.542. The molecule has 0 aliphatic heterocycles. The van der Waals surface area contributed by atoms with Crippen LogP contribution in [-0.4, -0.2) is 19.2 Å². The van der Waals surface area contributed by atoms with Crippen molar-refractivity contribution in [2.24, 2.45) is 0 Å². The summed E-state index contributed by atoms with van der Waals surface area (Å²) in [6.45, 7) is 0. The van der Waals surface area contributed by atoms with Crippen molar-refractivity contribution >= 4 is 11.1 Å². The van der Waals surface area contributed by atoms with Gasteiger partial charge in [-0.05, 0) is 48.5 Å². The average molecular weight is 321 g/mol. The van der Waals surface area contributed by atoms with Crippen LogP contribution in [0.15, 0.2) is 63.6 Å². The van der Waals surface area contributed by atoms with Crippen LogP contribution < -0.4 is 9.47 Å². The summed E-state index contributed by atoms with van der Waals surface area (Å²) in [5.74, 6) is 2.62. The zero-order chi connectivity index (χ0) is 16.5. The molecule has 5 nitrogen and oxygen atoms in total. The van der Waals surface area contributed by atoms with E-state index in [-0.39, 0.29) is 0 Å². The molecule has 0 unspecified atom stereocenters. The van der Waals surface area contributed by atoms with E-state index in [9.17, 15) is 0 Å². The molecule has 4 rings (SSSR count). The lowest BCUT2D eigenvalue weighted by Gasteiger charge is -2.07. The SMILES string of the molecule is COc1ccc(-c2nc3ccc(-c4ccco4)cc3o2)cc1OC. The van der Waals surface area contributed by atoms with E-state index in [1.807, 2.05) is 48.5 Å². The zero-order valence-corrected chi connectivity index (χ0v) is 13.3. The van der Waals surface area contributed by atoms with Gasteiger partial charge in [0, 0.05) is 11.1 Å². The standard InChI is InChI=1S/C19H15NO4/c1-21-16-8-6-13(11-18(16)22-2)19-20-14-7-5-12(10-17(14)24-19)15-4-3-9-23-15/h3-11H,1-2H3. The molecule has 2 aromatic heterocycles. The lowest BCUT2D eigenvalue weighted by Crippen LogP contribution is -1.90. The Kier molecular flexibility index (Phi) is 3.46. The predicted molar refractivity (Wildman–Crippen MR) is 90.3 cm³/mol. The number of nitrogens with zero attached hydrogens (tertiary/aromatic N) is 1. The van der Waals surface area contributed by atoms with Gasteiger partial charge in [-0.3, -0.25) is 0 Å². The number of fused-ring (bicyclic) bond motifs is 1. The summed E-state index contributed by atoms with van der Waals surface area (Å²) in [6.07, 6.45) is 1.65. The maximum absolute atomic E-state index is 5.92. The van der Waals surface area contributed by atoms with E-state index in [0.717, 1.165) is 22.4 Å². The molecule has 0 bridgehead atoms. The van der Waals surface area contributed by atoms with Gasteiger partial charge < -0.3 is 18.3 Å². The van der Waals surface area contributed by atoms with Crippen LogP contribution in [-0.2, 0) is 0 Å². The number of furan rings is 1. The third-order valence-corrected chi connectivity index (χ3v) is 3.82. The van der Waals surface area contributed by atoms with Gasteiger partial charge in [0.05, 0.1) is 20.5 Å². The van der Waals surface area contributed by atoms with Crippen molar-refractivity contribution in [1.82, 2.24) is 4.98 Å². The number of aromatic nitrogens is 1. The summed E-state index contributed by atoms with van der Waals surface area (Å²) >= 11 is 0. The Balaban J connectivity index is 1.78. The van der Waals surface area contributed by atoms with Crippen molar-refractivity contribution in [1.29, 1.82) is 0 Å². The number of methoxy groups -OCH3 is 2. The van der Waals surface area contributed by atoms with Crippen molar-refractivity contribution in [3.05, 3.63) is 54.8 Å². The van der Waals surface area contributed by atoms with E-state index in [2.05, 4.69) is 4.98 Å². The van der Waals surface area contributed by atoms with E-state index in [0.29, 0.717) is 23.0 Å². The molecule has 0 fully saturated rings. The first-order chi connectivity index (χ1) is 11.8. The zero-order valence-electron chi connectivity index (χ0n) is 13.3. The maximum atomic E-state index is 5.92. The fourth-order valence-electron chi connectivity index (χ4n) is 2.61.